The molecule has 154 valence electrons. The van der Waals surface area contributed by atoms with Crippen LogP contribution in [0.1, 0.15) is 24.5 Å². The molecule has 9 nitrogen and oxygen atoms in total. The average Bonchev–Trinajstić information content (AvgIpc) is 3.45. The molecule has 29 heavy (non-hydrogen) atoms. The molecule has 2 aliphatic heterocycles. The quantitative estimate of drug-likeness (QED) is 0.579. The summed E-state index contributed by atoms with van der Waals surface area (Å²) in [6.45, 7) is 7.57. The first-order chi connectivity index (χ1) is 14.4. The summed E-state index contributed by atoms with van der Waals surface area (Å²) in [6, 6.07) is 2.18. The zero-order valence-corrected chi connectivity index (χ0v) is 16.6. The van der Waals surface area contributed by atoms with Gasteiger partial charge in [-0.2, -0.15) is 14.7 Å². The highest BCUT2D eigenvalue weighted by atomic mass is 16.5. The van der Waals surface area contributed by atoms with E-state index in [1.165, 1.54) is 12.8 Å². The monoisotopic (exact) mass is 396 g/mol. The summed E-state index contributed by atoms with van der Waals surface area (Å²) in [5.41, 5.74) is 4.01. The molecule has 2 aliphatic rings. The molecule has 0 saturated carbocycles. The van der Waals surface area contributed by atoms with Gasteiger partial charge in [-0.1, -0.05) is 0 Å². The topological polar surface area (TPSA) is 95.4 Å². The van der Waals surface area contributed by atoms with Crippen LogP contribution < -0.4 is 10.6 Å². The van der Waals surface area contributed by atoms with E-state index < -0.39 is 0 Å². The van der Waals surface area contributed by atoms with Gasteiger partial charge in [0, 0.05) is 62.0 Å². The van der Waals surface area contributed by atoms with E-state index >= 15 is 0 Å². The average molecular weight is 396 g/mol. The van der Waals surface area contributed by atoms with Gasteiger partial charge in [-0.05, 0) is 19.4 Å². The number of aromatic nitrogens is 5. The van der Waals surface area contributed by atoms with Crippen molar-refractivity contribution in [3.63, 3.8) is 0 Å². The van der Waals surface area contributed by atoms with Crippen LogP contribution >= 0.6 is 0 Å². The third kappa shape index (κ3) is 3.98. The summed E-state index contributed by atoms with van der Waals surface area (Å²) in [6.07, 6.45) is 7.94. The molecule has 0 radical (unpaired) electrons. The lowest BCUT2D eigenvalue weighted by atomic mass is 9.96. The molecule has 0 spiro atoms. The van der Waals surface area contributed by atoms with E-state index in [1.54, 1.807) is 0 Å². The predicted octanol–water partition coefficient (Wildman–Crippen LogP) is 1.33. The van der Waals surface area contributed by atoms with Gasteiger partial charge >= 0.3 is 0 Å². The fourth-order valence-electron chi connectivity index (χ4n) is 4.19. The molecule has 1 unspecified atom stereocenters. The molecule has 5 rings (SSSR count). The standard InChI is InChI=1S/C20H28N8O/c1-2-15(11-21-3-1)18-10-19(22-4-5-27-6-8-29-9-7-27)28-20(26-18)17(14-25-28)16-12-23-24-13-16/h10,12-15,21-22H,1-9,11H2,(H,23,24). The molecule has 0 bridgehead atoms. The number of piperidine rings is 1. The van der Waals surface area contributed by atoms with E-state index in [4.69, 9.17) is 9.72 Å². The molecule has 0 aliphatic carbocycles. The van der Waals surface area contributed by atoms with Crippen molar-refractivity contribution >= 4 is 11.5 Å². The van der Waals surface area contributed by atoms with Crippen LogP contribution in [-0.2, 0) is 4.74 Å². The van der Waals surface area contributed by atoms with Gasteiger partial charge < -0.3 is 15.4 Å². The van der Waals surface area contributed by atoms with Gasteiger partial charge in [0.1, 0.15) is 5.82 Å². The number of anilines is 1. The number of morpholine rings is 1. The third-order valence-electron chi connectivity index (χ3n) is 5.85. The maximum Gasteiger partial charge on any atom is 0.165 e. The first kappa shape index (κ1) is 18.5. The van der Waals surface area contributed by atoms with Gasteiger partial charge in [0.2, 0.25) is 0 Å². The minimum absolute atomic E-state index is 0.431. The lowest BCUT2D eigenvalue weighted by Crippen LogP contribution is -2.39. The van der Waals surface area contributed by atoms with Crippen LogP contribution in [-0.4, -0.2) is 82.2 Å². The van der Waals surface area contributed by atoms with Crippen molar-refractivity contribution in [1.82, 2.24) is 35.0 Å². The van der Waals surface area contributed by atoms with Gasteiger partial charge in [0.15, 0.2) is 5.65 Å². The van der Waals surface area contributed by atoms with Crippen molar-refractivity contribution in [2.45, 2.75) is 18.8 Å². The van der Waals surface area contributed by atoms with Crippen LogP contribution in [0, 0.1) is 0 Å². The Hall–Kier alpha value is -2.49. The zero-order chi connectivity index (χ0) is 19.5. The largest absolute Gasteiger partial charge is 0.379 e. The fourth-order valence-corrected chi connectivity index (χ4v) is 4.19. The van der Waals surface area contributed by atoms with Crippen LogP contribution in [0.15, 0.2) is 24.7 Å². The molecule has 5 heterocycles. The van der Waals surface area contributed by atoms with Crippen LogP contribution in [0.2, 0.25) is 0 Å². The van der Waals surface area contributed by atoms with Gasteiger partial charge in [-0.15, -0.1) is 0 Å². The predicted molar refractivity (Wildman–Crippen MR) is 111 cm³/mol. The number of rotatable bonds is 6. The molecule has 3 aromatic heterocycles. The van der Waals surface area contributed by atoms with E-state index in [-0.39, 0.29) is 0 Å². The number of aromatic amines is 1. The fraction of sp³-hybridized carbons (Fsp3) is 0.550. The minimum Gasteiger partial charge on any atom is -0.379 e. The normalized spacial score (nSPS) is 20.9. The molecule has 9 heteroatoms. The summed E-state index contributed by atoms with van der Waals surface area (Å²) < 4.78 is 7.36. The molecular formula is C20H28N8O. The summed E-state index contributed by atoms with van der Waals surface area (Å²) in [5, 5.41) is 18.7. The highest BCUT2D eigenvalue weighted by Gasteiger charge is 2.21. The SMILES string of the molecule is c1n[nH]cc1-c1cnn2c(NCCN3CCOCC3)cc(C3CCCNC3)nc12. The van der Waals surface area contributed by atoms with E-state index in [9.17, 15) is 0 Å². The Morgan fingerprint density at radius 2 is 2.17 bits per heavy atom. The molecule has 1 atom stereocenters. The van der Waals surface area contributed by atoms with Crippen LogP contribution in [0.5, 0.6) is 0 Å². The van der Waals surface area contributed by atoms with Crippen molar-refractivity contribution in [2.24, 2.45) is 0 Å². The minimum atomic E-state index is 0.431. The Morgan fingerprint density at radius 1 is 1.24 bits per heavy atom. The van der Waals surface area contributed by atoms with Crippen LogP contribution in [0.4, 0.5) is 5.82 Å². The highest BCUT2D eigenvalue weighted by Crippen LogP contribution is 2.29. The second-order valence-corrected chi connectivity index (χ2v) is 7.77. The number of nitrogens with zero attached hydrogens (tertiary/aromatic N) is 5. The number of fused-ring (bicyclic) bond motifs is 1. The van der Waals surface area contributed by atoms with E-state index in [2.05, 4.69) is 36.9 Å². The molecule has 3 N–H and O–H groups in total. The summed E-state index contributed by atoms with van der Waals surface area (Å²) in [5.74, 6) is 1.43. The van der Waals surface area contributed by atoms with Crippen molar-refractivity contribution < 1.29 is 4.74 Å². The lowest BCUT2D eigenvalue weighted by molar-refractivity contribution is 0.0398. The zero-order valence-electron chi connectivity index (χ0n) is 16.6. The maximum atomic E-state index is 5.44. The molecule has 0 amide bonds. The molecule has 3 aromatic rings. The highest BCUT2D eigenvalue weighted by molar-refractivity contribution is 5.77. The number of ether oxygens (including phenoxy) is 1. The second-order valence-electron chi connectivity index (χ2n) is 7.77. The Morgan fingerprint density at radius 3 is 2.97 bits per heavy atom. The number of hydrogen-bond acceptors (Lipinski definition) is 7. The summed E-state index contributed by atoms with van der Waals surface area (Å²) in [4.78, 5) is 7.46. The Kier molecular flexibility index (Phi) is 5.42. The Balaban J connectivity index is 1.44. The third-order valence-corrected chi connectivity index (χ3v) is 5.85. The number of nitrogens with one attached hydrogen (secondary N) is 3. The second kappa shape index (κ2) is 8.48. The lowest BCUT2D eigenvalue weighted by Gasteiger charge is -2.27. The Bertz CT molecular complexity index is 926. The van der Waals surface area contributed by atoms with Crippen molar-refractivity contribution in [1.29, 1.82) is 0 Å². The maximum absolute atomic E-state index is 5.44. The van der Waals surface area contributed by atoms with Gasteiger partial charge in [-0.25, -0.2) is 4.98 Å². The number of H-pyrrole nitrogens is 1. The molecule has 2 fully saturated rings. The smallest absolute Gasteiger partial charge is 0.165 e. The van der Waals surface area contributed by atoms with Gasteiger partial charge in [0.25, 0.3) is 0 Å². The van der Waals surface area contributed by atoms with Crippen molar-refractivity contribution in [2.75, 3.05) is 57.8 Å². The van der Waals surface area contributed by atoms with E-state index in [0.29, 0.717) is 5.92 Å². The van der Waals surface area contributed by atoms with E-state index in [0.717, 1.165) is 80.8 Å². The first-order valence-corrected chi connectivity index (χ1v) is 10.5. The van der Waals surface area contributed by atoms with Gasteiger partial charge in [0.05, 0.1) is 31.3 Å². The van der Waals surface area contributed by atoms with Crippen LogP contribution in [0.3, 0.4) is 0 Å². The van der Waals surface area contributed by atoms with E-state index in [1.807, 2.05) is 23.1 Å². The van der Waals surface area contributed by atoms with Crippen LogP contribution in [0.25, 0.3) is 16.8 Å². The van der Waals surface area contributed by atoms with Gasteiger partial charge in [-0.3, -0.25) is 10.00 Å². The Labute approximate surface area is 169 Å². The number of hydrogen-bond donors (Lipinski definition) is 3. The molecule has 2 saturated heterocycles. The summed E-state index contributed by atoms with van der Waals surface area (Å²) in [7, 11) is 0. The first-order valence-electron chi connectivity index (χ1n) is 10.5. The van der Waals surface area contributed by atoms with Crippen molar-refractivity contribution in [3.8, 4) is 11.1 Å². The molecular weight excluding hydrogens is 368 g/mol. The summed E-state index contributed by atoms with van der Waals surface area (Å²) >= 11 is 0. The van der Waals surface area contributed by atoms with Crippen molar-refractivity contribution in [3.05, 3.63) is 30.4 Å². The molecule has 0 aromatic carbocycles.